The van der Waals surface area contributed by atoms with Gasteiger partial charge in [0.05, 0.1) is 34.3 Å². The Morgan fingerprint density at radius 3 is 2.69 bits per heavy atom. The third-order valence-corrected chi connectivity index (χ3v) is 7.55. The minimum Gasteiger partial charge on any atom is -0.352 e. The average Bonchev–Trinajstić information content (AvgIpc) is 3.62. The predicted molar refractivity (Wildman–Crippen MR) is 153 cm³/mol. The zero-order chi connectivity index (χ0) is 26.2. The van der Waals surface area contributed by atoms with Crippen LogP contribution in [0.1, 0.15) is 32.1 Å². The van der Waals surface area contributed by atoms with Crippen molar-refractivity contribution >= 4 is 33.5 Å². The van der Waals surface area contributed by atoms with Crippen molar-refractivity contribution in [2.24, 2.45) is 5.92 Å². The van der Waals surface area contributed by atoms with Crippen LogP contribution in [0.25, 0.3) is 55.8 Å². The molecule has 8 heteroatoms. The second-order valence-corrected chi connectivity index (χ2v) is 10.1. The molecule has 1 saturated carbocycles. The molecule has 1 aromatic carbocycles. The number of nitrogens with zero attached hydrogens (tertiary/aromatic N) is 4. The Bertz CT molecular complexity index is 1800. The second-order valence-electron chi connectivity index (χ2n) is 10.1. The lowest BCUT2D eigenvalue weighted by molar-refractivity contribution is -0.120. The molecule has 1 aliphatic carbocycles. The number of nitrogens with one attached hydrogen (secondary N) is 3. The average molecular weight is 514 g/mol. The largest absolute Gasteiger partial charge is 0.352 e. The summed E-state index contributed by atoms with van der Waals surface area (Å²) in [5.74, 6) is 0.223. The lowest BCUT2D eigenvalue weighted by Crippen LogP contribution is -2.24. The van der Waals surface area contributed by atoms with E-state index in [0.717, 1.165) is 87.2 Å². The molecule has 0 bridgehead atoms. The number of benzene rings is 1. The van der Waals surface area contributed by atoms with Crippen LogP contribution in [0.2, 0.25) is 0 Å². The SMILES string of the molecule is O=C(Nc1cccc(-c2ccc3[nH]nc(-c4cc5c(-c6ccccn6)cncc5[nH]4)c3n2)c1)C1CCCCC1. The molecule has 8 nitrogen and oxygen atoms in total. The number of amides is 1. The lowest BCUT2D eigenvalue weighted by Gasteiger charge is -2.20. The Balaban J connectivity index is 1.23. The molecule has 0 unspecified atom stereocenters. The van der Waals surface area contributed by atoms with Crippen LogP contribution in [0.15, 0.2) is 79.3 Å². The smallest absolute Gasteiger partial charge is 0.227 e. The minimum absolute atomic E-state index is 0.107. The molecular formula is C31H27N7O. The van der Waals surface area contributed by atoms with E-state index in [0.29, 0.717) is 0 Å². The summed E-state index contributed by atoms with van der Waals surface area (Å²) in [6.07, 6.45) is 10.9. The summed E-state index contributed by atoms with van der Waals surface area (Å²) in [5, 5.41) is 11.9. The molecule has 5 heterocycles. The van der Waals surface area contributed by atoms with Crippen molar-refractivity contribution in [1.82, 2.24) is 30.1 Å². The van der Waals surface area contributed by atoms with Gasteiger partial charge in [-0.05, 0) is 55.3 Å². The number of carbonyl (C=O) groups is 1. The first-order valence-corrected chi connectivity index (χ1v) is 13.4. The predicted octanol–water partition coefficient (Wildman–Crippen LogP) is 6.75. The number of carbonyl (C=O) groups excluding carboxylic acids is 1. The summed E-state index contributed by atoms with van der Waals surface area (Å²) in [6.45, 7) is 0. The summed E-state index contributed by atoms with van der Waals surface area (Å²) in [4.78, 5) is 30.2. The molecule has 3 N–H and O–H groups in total. The summed E-state index contributed by atoms with van der Waals surface area (Å²) < 4.78 is 0. The molecule has 0 saturated heterocycles. The topological polar surface area (TPSA) is 112 Å². The molecule has 0 aliphatic heterocycles. The number of aromatic nitrogens is 6. The Morgan fingerprint density at radius 1 is 0.897 bits per heavy atom. The lowest BCUT2D eigenvalue weighted by atomic mass is 9.88. The summed E-state index contributed by atoms with van der Waals surface area (Å²) in [7, 11) is 0. The third-order valence-electron chi connectivity index (χ3n) is 7.55. The Kier molecular flexibility index (Phi) is 5.85. The number of aromatic amines is 2. The molecule has 1 aliphatic rings. The number of hydrogen-bond acceptors (Lipinski definition) is 5. The fraction of sp³-hybridized carbons (Fsp3) is 0.194. The number of fused-ring (bicyclic) bond motifs is 2. The van der Waals surface area contributed by atoms with Crippen molar-refractivity contribution in [1.29, 1.82) is 0 Å². The van der Waals surface area contributed by atoms with Crippen LogP contribution in [0.3, 0.4) is 0 Å². The molecule has 1 amide bonds. The maximum atomic E-state index is 12.8. The van der Waals surface area contributed by atoms with Gasteiger partial charge in [0.25, 0.3) is 0 Å². The van der Waals surface area contributed by atoms with Crippen LogP contribution < -0.4 is 5.32 Å². The highest BCUT2D eigenvalue weighted by atomic mass is 16.1. The second kappa shape index (κ2) is 9.79. The standard InChI is InChI=1S/C31H27N7O/c39-31(19-7-2-1-3-8-19)34-21-10-6-9-20(15-21)24-12-13-26-29(36-24)30(38-37-26)27-16-22-23(17-32-18-28(22)35-27)25-11-4-5-14-33-25/h4-6,9-19,35H,1-3,7-8H2,(H,34,39)(H,37,38). The first-order chi connectivity index (χ1) is 19.2. The Labute approximate surface area is 224 Å². The van der Waals surface area contributed by atoms with E-state index >= 15 is 0 Å². The maximum absolute atomic E-state index is 12.8. The number of pyridine rings is 3. The fourth-order valence-corrected chi connectivity index (χ4v) is 5.52. The molecule has 0 spiro atoms. The zero-order valence-electron chi connectivity index (χ0n) is 21.3. The van der Waals surface area contributed by atoms with Crippen molar-refractivity contribution in [3.05, 3.63) is 79.3 Å². The van der Waals surface area contributed by atoms with Crippen LogP contribution in [-0.4, -0.2) is 36.0 Å². The third kappa shape index (κ3) is 4.44. The van der Waals surface area contributed by atoms with Crippen LogP contribution in [0, 0.1) is 5.92 Å². The van der Waals surface area contributed by atoms with Crippen LogP contribution >= 0.6 is 0 Å². The van der Waals surface area contributed by atoms with E-state index in [1.807, 2.05) is 67.0 Å². The van der Waals surface area contributed by atoms with E-state index in [1.165, 1.54) is 6.42 Å². The number of anilines is 1. The molecule has 0 atom stereocenters. The van der Waals surface area contributed by atoms with Crippen molar-refractivity contribution in [2.45, 2.75) is 32.1 Å². The van der Waals surface area contributed by atoms with Gasteiger partial charge in [-0.2, -0.15) is 5.10 Å². The molecule has 5 aromatic heterocycles. The van der Waals surface area contributed by atoms with Gasteiger partial charge >= 0.3 is 0 Å². The summed E-state index contributed by atoms with van der Waals surface area (Å²) in [5.41, 5.74) is 8.45. The van der Waals surface area contributed by atoms with E-state index in [4.69, 9.17) is 4.98 Å². The molecular weight excluding hydrogens is 486 g/mol. The van der Waals surface area contributed by atoms with Crippen LogP contribution in [0.5, 0.6) is 0 Å². The Hall–Kier alpha value is -4.85. The van der Waals surface area contributed by atoms with Gasteiger partial charge in [0.15, 0.2) is 0 Å². The zero-order valence-corrected chi connectivity index (χ0v) is 21.3. The first-order valence-electron chi connectivity index (χ1n) is 13.4. The van der Waals surface area contributed by atoms with Crippen LogP contribution in [-0.2, 0) is 4.79 Å². The van der Waals surface area contributed by atoms with Crippen molar-refractivity contribution in [3.63, 3.8) is 0 Å². The number of hydrogen-bond donors (Lipinski definition) is 3. The molecule has 7 rings (SSSR count). The normalized spacial score (nSPS) is 14.2. The van der Waals surface area contributed by atoms with Gasteiger partial charge in [-0.25, -0.2) is 4.98 Å². The molecule has 0 radical (unpaired) electrons. The van der Waals surface area contributed by atoms with E-state index in [2.05, 4.69) is 36.5 Å². The van der Waals surface area contributed by atoms with E-state index in [1.54, 1.807) is 6.20 Å². The highest BCUT2D eigenvalue weighted by molar-refractivity contribution is 5.99. The summed E-state index contributed by atoms with van der Waals surface area (Å²) in [6, 6.07) is 19.8. The first kappa shape index (κ1) is 23.3. The highest BCUT2D eigenvalue weighted by Crippen LogP contribution is 2.33. The summed E-state index contributed by atoms with van der Waals surface area (Å²) >= 11 is 0. The van der Waals surface area contributed by atoms with Gasteiger partial charge in [0.2, 0.25) is 5.91 Å². The van der Waals surface area contributed by atoms with Gasteiger partial charge in [-0.3, -0.25) is 19.9 Å². The maximum Gasteiger partial charge on any atom is 0.227 e. The number of H-pyrrole nitrogens is 2. The minimum atomic E-state index is 0.107. The van der Waals surface area contributed by atoms with Gasteiger partial charge < -0.3 is 10.3 Å². The molecule has 192 valence electrons. The fourth-order valence-electron chi connectivity index (χ4n) is 5.52. The quantitative estimate of drug-likeness (QED) is 0.236. The van der Waals surface area contributed by atoms with Crippen molar-refractivity contribution in [2.75, 3.05) is 5.32 Å². The molecule has 6 aromatic rings. The van der Waals surface area contributed by atoms with Crippen molar-refractivity contribution < 1.29 is 4.79 Å². The number of rotatable bonds is 5. The van der Waals surface area contributed by atoms with Gasteiger partial charge in [-0.1, -0.05) is 37.5 Å². The highest BCUT2D eigenvalue weighted by Gasteiger charge is 2.21. The van der Waals surface area contributed by atoms with E-state index < -0.39 is 0 Å². The van der Waals surface area contributed by atoms with Gasteiger partial charge in [0.1, 0.15) is 11.2 Å². The monoisotopic (exact) mass is 513 g/mol. The van der Waals surface area contributed by atoms with Crippen molar-refractivity contribution in [3.8, 4) is 33.9 Å². The molecule has 39 heavy (non-hydrogen) atoms. The van der Waals surface area contributed by atoms with Gasteiger partial charge in [0, 0.05) is 40.5 Å². The van der Waals surface area contributed by atoms with E-state index in [9.17, 15) is 4.79 Å². The van der Waals surface area contributed by atoms with Gasteiger partial charge in [-0.15, -0.1) is 0 Å². The molecule has 1 fully saturated rings. The van der Waals surface area contributed by atoms with Crippen LogP contribution in [0.4, 0.5) is 5.69 Å². The van der Waals surface area contributed by atoms with E-state index in [-0.39, 0.29) is 11.8 Å². The Morgan fingerprint density at radius 2 is 1.82 bits per heavy atom.